The van der Waals surface area contributed by atoms with Gasteiger partial charge in [-0.1, -0.05) is 42.5 Å². The first kappa shape index (κ1) is 21.3. The van der Waals surface area contributed by atoms with Crippen molar-refractivity contribution in [2.24, 2.45) is 0 Å². The van der Waals surface area contributed by atoms with Crippen molar-refractivity contribution < 1.29 is 19.1 Å². The Hall–Kier alpha value is -4.37. The Morgan fingerprint density at radius 2 is 1.65 bits per heavy atom. The van der Waals surface area contributed by atoms with E-state index in [2.05, 4.69) is 5.32 Å². The van der Waals surface area contributed by atoms with Crippen LogP contribution in [0, 0.1) is 11.3 Å². The second-order valence-corrected chi connectivity index (χ2v) is 6.54. The minimum atomic E-state index is -0.718. The van der Waals surface area contributed by atoms with Crippen LogP contribution in [0.15, 0.2) is 84.4 Å². The van der Waals surface area contributed by atoms with Crippen LogP contribution in [-0.2, 0) is 16.1 Å². The van der Waals surface area contributed by atoms with Gasteiger partial charge in [0.1, 0.15) is 24.0 Å². The van der Waals surface area contributed by atoms with Gasteiger partial charge < -0.3 is 14.8 Å². The van der Waals surface area contributed by atoms with Crippen molar-refractivity contribution in [3.05, 3.63) is 101 Å². The number of nitrogens with one attached hydrogen (secondary N) is 1. The highest BCUT2D eigenvalue weighted by atomic mass is 16.5. The smallest absolute Gasteiger partial charge is 0.349 e. The molecule has 0 saturated carbocycles. The Kier molecular flexibility index (Phi) is 7.17. The first-order valence-corrected chi connectivity index (χ1v) is 9.47. The number of rotatable bonds is 7. The molecule has 0 saturated heterocycles. The predicted molar refractivity (Wildman–Crippen MR) is 117 cm³/mol. The molecule has 154 valence electrons. The van der Waals surface area contributed by atoms with Crippen LogP contribution < -0.4 is 10.1 Å². The third-order valence-electron chi connectivity index (χ3n) is 4.38. The molecule has 0 spiro atoms. The number of hydrogen-bond acceptors (Lipinski definition) is 5. The van der Waals surface area contributed by atoms with Crippen molar-refractivity contribution >= 4 is 23.6 Å². The van der Waals surface area contributed by atoms with Crippen LogP contribution in [0.5, 0.6) is 5.75 Å². The van der Waals surface area contributed by atoms with Gasteiger partial charge in [-0.2, -0.15) is 5.26 Å². The summed E-state index contributed by atoms with van der Waals surface area (Å²) in [6, 6.07) is 24.7. The zero-order valence-electron chi connectivity index (χ0n) is 16.9. The van der Waals surface area contributed by atoms with Crippen LogP contribution in [0.2, 0.25) is 0 Å². The molecule has 6 heteroatoms. The monoisotopic (exact) mass is 412 g/mol. The summed E-state index contributed by atoms with van der Waals surface area (Å²) in [5.41, 5.74) is 2.47. The molecule has 1 N–H and O–H groups in total. The van der Waals surface area contributed by atoms with Gasteiger partial charge in [0.2, 0.25) is 0 Å². The lowest BCUT2D eigenvalue weighted by molar-refractivity contribution is -0.139. The van der Waals surface area contributed by atoms with E-state index in [1.165, 1.54) is 6.08 Å². The Morgan fingerprint density at radius 3 is 2.26 bits per heavy atom. The maximum absolute atomic E-state index is 12.3. The Morgan fingerprint density at radius 1 is 0.968 bits per heavy atom. The van der Waals surface area contributed by atoms with Crippen molar-refractivity contribution in [1.29, 1.82) is 5.26 Å². The van der Waals surface area contributed by atoms with Crippen molar-refractivity contribution in [1.82, 2.24) is 0 Å². The highest BCUT2D eigenvalue weighted by Crippen LogP contribution is 2.15. The zero-order valence-corrected chi connectivity index (χ0v) is 16.9. The third kappa shape index (κ3) is 6.05. The lowest BCUT2D eigenvalue weighted by Gasteiger charge is -2.07. The first-order chi connectivity index (χ1) is 15.1. The number of hydrogen-bond donors (Lipinski definition) is 1. The van der Waals surface area contributed by atoms with Crippen LogP contribution in [0.4, 0.5) is 5.69 Å². The number of nitrogens with zero attached hydrogens (tertiary/aromatic N) is 1. The summed E-state index contributed by atoms with van der Waals surface area (Å²) in [5.74, 6) is -0.271. The molecule has 0 aliphatic carbocycles. The second-order valence-electron chi connectivity index (χ2n) is 6.54. The van der Waals surface area contributed by atoms with Gasteiger partial charge in [-0.3, -0.25) is 4.79 Å². The Balaban J connectivity index is 1.58. The minimum absolute atomic E-state index is 0.0128. The van der Waals surface area contributed by atoms with E-state index in [1.807, 2.05) is 24.3 Å². The number of anilines is 1. The van der Waals surface area contributed by atoms with E-state index in [4.69, 9.17) is 9.47 Å². The molecule has 0 radical (unpaired) electrons. The number of esters is 1. The third-order valence-corrected chi connectivity index (χ3v) is 4.38. The van der Waals surface area contributed by atoms with Crippen molar-refractivity contribution in [2.45, 2.75) is 6.61 Å². The first-order valence-electron chi connectivity index (χ1n) is 9.47. The van der Waals surface area contributed by atoms with E-state index in [0.29, 0.717) is 28.1 Å². The number of carbonyl (C=O) groups is 2. The maximum Gasteiger partial charge on any atom is 0.349 e. The van der Waals surface area contributed by atoms with E-state index in [0.717, 1.165) is 0 Å². The molecule has 0 atom stereocenters. The largest absolute Gasteiger partial charge is 0.497 e. The summed E-state index contributed by atoms with van der Waals surface area (Å²) in [4.78, 5) is 24.5. The average Bonchev–Trinajstić information content (AvgIpc) is 2.82. The summed E-state index contributed by atoms with van der Waals surface area (Å²) in [7, 11) is 1.56. The van der Waals surface area contributed by atoms with Gasteiger partial charge in [0.05, 0.1) is 7.11 Å². The summed E-state index contributed by atoms with van der Waals surface area (Å²) in [6.45, 7) is -0.0128. The van der Waals surface area contributed by atoms with Gasteiger partial charge in [-0.25, -0.2) is 4.79 Å². The molecule has 6 nitrogen and oxygen atoms in total. The van der Waals surface area contributed by atoms with Crippen LogP contribution in [0.3, 0.4) is 0 Å². The molecule has 0 bridgehead atoms. The second kappa shape index (κ2) is 10.4. The average molecular weight is 412 g/mol. The number of benzene rings is 3. The summed E-state index contributed by atoms with van der Waals surface area (Å²) in [5, 5.41) is 12.1. The van der Waals surface area contributed by atoms with E-state index in [1.54, 1.807) is 67.8 Å². The maximum atomic E-state index is 12.3. The molecule has 31 heavy (non-hydrogen) atoms. The van der Waals surface area contributed by atoms with Gasteiger partial charge in [0.25, 0.3) is 5.91 Å². The molecule has 3 aromatic carbocycles. The standard InChI is InChI=1S/C25H20N2O4/c1-30-23-13-9-18(10-14-23)15-21(16-26)25(29)31-17-19-7-11-20(12-8-19)24(28)27-22-5-3-2-4-6-22/h2-15H,17H2,1H3,(H,27,28)/b21-15+. The number of nitriles is 1. The topological polar surface area (TPSA) is 88.4 Å². The van der Waals surface area contributed by atoms with Gasteiger partial charge in [-0.05, 0) is 53.6 Å². The highest BCUT2D eigenvalue weighted by Gasteiger charge is 2.12. The normalized spacial score (nSPS) is 10.6. The molecule has 0 aromatic heterocycles. The van der Waals surface area contributed by atoms with E-state index >= 15 is 0 Å². The number of para-hydroxylation sites is 1. The van der Waals surface area contributed by atoms with Crippen molar-refractivity contribution in [3.8, 4) is 11.8 Å². The van der Waals surface area contributed by atoms with Crippen LogP contribution in [0.1, 0.15) is 21.5 Å². The summed E-state index contributed by atoms with van der Waals surface area (Å²) < 4.78 is 10.3. The van der Waals surface area contributed by atoms with Gasteiger partial charge in [-0.15, -0.1) is 0 Å². The molecule has 0 fully saturated rings. The highest BCUT2D eigenvalue weighted by molar-refractivity contribution is 6.04. The van der Waals surface area contributed by atoms with E-state index in [9.17, 15) is 14.9 Å². The molecule has 0 aliphatic heterocycles. The molecular weight excluding hydrogens is 392 g/mol. The molecular formula is C25H20N2O4. The quantitative estimate of drug-likeness (QED) is 0.348. The number of carbonyl (C=O) groups excluding carboxylic acids is 2. The zero-order chi connectivity index (χ0) is 22.1. The fourth-order valence-corrected chi connectivity index (χ4v) is 2.71. The lowest BCUT2D eigenvalue weighted by Crippen LogP contribution is -2.12. The van der Waals surface area contributed by atoms with E-state index in [-0.39, 0.29) is 18.1 Å². The molecule has 1 amide bonds. The predicted octanol–water partition coefficient (Wildman–Crippen LogP) is 4.60. The van der Waals surface area contributed by atoms with E-state index < -0.39 is 5.97 Å². The fourth-order valence-electron chi connectivity index (χ4n) is 2.71. The lowest BCUT2D eigenvalue weighted by atomic mass is 10.1. The van der Waals surface area contributed by atoms with Gasteiger partial charge >= 0.3 is 5.97 Å². The molecule has 0 unspecified atom stereocenters. The van der Waals surface area contributed by atoms with Crippen LogP contribution in [-0.4, -0.2) is 19.0 Å². The van der Waals surface area contributed by atoms with Crippen molar-refractivity contribution in [2.75, 3.05) is 12.4 Å². The van der Waals surface area contributed by atoms with Crippen LogP contribution >= 0.6 is 0 Å². The Bertz CT molecular complexity index is 1110. The number of amides is 1. The Labute approximate surface area is 180 Å². The fraction of sp³-hybridized carbons (Fsp3) is 0.0800. The molecule has 3 rings (SSSR count). The molecule has 0 heterocycles. The minimum Gasteiger partial charge on any atom is -0.497 e. The number of methoxy groups -OCH3 is 1. The SMILES string of the molecule is COc1ccc(/C=C(\C#N)C(=O)OCc2ccc(C(=O)Nc3ccccc3)cc2)cc1. The van der Waals surface area contributed by atoms with Crippen LogP contribution in [0.25, 0.3) is 6.08 Å². The summed E-state index contributed by atoms with van der Waals surface area (Å²) in [6.07, 6.45) is 1.46. The summed E-state index contributed by atoms with van der Waals surface area (Å²) >= 11 is 0. The molecule has 0 aliphatic rings. The molecule has 3 aromatic rings. The van der Waals surface area contributed by atoms with Gasteiger partial charge in [0, 0.05) is 11.3 Å². The van der Waals surface area contributed by atoms with Crippen molar-refractivity contribution in [3.63, 3.8) is 0 Å². The van der Waals surface area contributed by atoms with Gasteiger partial charge in [0.15, 0.2) is 0 Å². The number of ether oxygens (including phenoxy) is 2.